The molecule has 0 unspecified atom stereocenters. The van der Waals surface area contributed by atoms with Gasteiger partial charge in [-0.05, 0) is 25.5 Å². The number of carboxylic acids is 1. The first-order valence-corrected chi connectivity index (χ1v) is 8.08. The molecule has 1 aromatic heterocycles. The Morgan fingerprint density at radius 1 is 1.42 bits per heavy atom. The Morgan fingerprint density at radius 3 is 2.81 bits per heavy atom. The van der Waals surface area contributed by atoms with E-state index in [-0.39, 0.29) is 41.3 Å². The molecule has 0 aromatic carbocycles. The fourth-order valence-corrected chi connectivity index (χ4v) is 3.83. The maximum atomic E-state index is 12.2. The number of nitrogens with zero attached hydrogens (tertiary/aromatic N) is 3. The molecule has 0 spiro atoms. The largest absolute Gasteiger partial charge is 1.00 e. The summed E-state index contributed by atoms with van der Waals surface area (Å²) in [6.07, 6.45) is 0.945. The minimum Gasteiger partial charge on any atom is -0.543 e. The molecular formula is C17H16N3NaO5. The maximum Gasteiger partial charge on any atom is 1.00 e. The summed E-state index contributed by atoms with van der Waals surface area (Å²) < 4.78 is 0. The third-order valence-corrected chi connectivity index (χ3v) is 4.97. The average Bonchev–Trinajstić information content (AvgIpc) is 3.17. The van der Waals surface area contributed by atoms with Gasteiger partial charge in [-0.2, -0.15) is 0 Å². The number of aromatic nitrogens is 1. The van der Waals surface area contributed by atoms with Crippen LogP contribution in [0.3, 0.4) is 0 Å². The van der Waals surface area contributed by atoms with Crippen molar-refractivity contribution in [2.24, 2.45) is 11.1 Å². The third kappa shape index (κ3) is 2.87. The number of amides is 1. The van der Waals surface area contributed by atoms with Crippen molar-refractivity contribution in [3.63, 3.8) is 0 Å². The van der Waals surface area contributed by atoms with E-state index in [0.717, 1.165) is 0 Å². The van der Waals surface area contributed by atoms with Gasteiger partial charge in [0.1, 0.15) is 5.71 Å². The molecule has 0 bridgehead atoms. The molecule has 1 amide bonds. The quantitative estimate of drug-likeness (QED) is 0.432. The molecule has 4 heterocycles. The number of aliphatic hydroxyl groups excluding tert-OH is 1. The van der Waals surface area contributed by atoms with Crippen molar-refractivity contribution >= 4 is 17.6 Å². The van der Waals surface area contributed by atoms with Gasteiger partial charge in [0.25, 0.3) is 0 Å². The molecule has 3 aliphatic heterocycles. The first-order valence-electron chi connectivity index (χ1n) is 8.08. The third-order valence-electron chi connectivity index (χ3n) is 4.97. The summed E-state index contributed by atoms with van der Waals surface area (Å²) in [5.41, 5.74) is 1.63. The molecule has 0 radical (unpaired) electrons. The number of carbonyl (C=O) groups excluding carboxylic acids is 2. The predicted molar refractivity (Wildman–Crippen MR) is 82.7 cm³/mol. The number of oxime groups is 1. The summed E-state index contributed by atoms with van der Waals surface area (Å²) in [6, 6.07) is 5.06. The van der Waals surface area contributed by atoms with Crippen LogP contribution >= 0.6 is 0 Å². The van der Waals surface area contributed by atoms with Crippen LogP contribution in [0.4, 0.5) is 0 Å². The van der Waals surface area contributed by atoms with E-state index >= 15 is 0 Å². The van der Waals surface area contributed by atoms with Crippen LogP contribution in [-0.2, 0) is 14.4 Å². The van der Waals surface area contributed by atoms with Crippen LogP contribution in [0.2, 0.25) is 0 Å². The van der Waals surface area contributed by atoms with E-state index in [1.165, 1.54) is 11.8 Å². The number of β-lactam (4-membered cyclic amide) rings is 1. The van der Waals surface area contributed by atoms with E-state index in [1.54, 1.807) is 18.3 Å². The van der Waals surface area contributed by atoms with Crippen LogP contribution in [0, 0.1) is 5.92 Å². The van der Waals surface area contributed by atoms with Gasteiger partial charge in [-0.1, -0.05) is 11.2 Å². The van der Waals surface area contributed by atoms with Crippen molar-refractivity contribution in [2.45, 2.75) is 38.0 Å². The van der Waals surface area contributed by atoms with Crippen molar-refractivity contribution in [1.29, 1.82) is 0 Å². The summed E-state index contributed by atoms with van der Waals surface area (Å²) >= 11 is 0. The number of hydrogen-bond donors (Lipinski definition) is 1. The molecule has 1 N–H and O–H groups in total. The van der Waals surface area contributed by atoms with Crippen LogP contribution in [0.5, 0.6) is 0 Å². The van der Waals surface area contributed by atoms with Crippen molar-refractivity contribution < 1.29 is 54.2 Å². The number of fused-ring (bicyclic) bond motifs is 1. The molecular weight excluding hydrogens is 349 g/mol. The molecule has 0 aliphatic carbocycles. The van der Waals surface area contributed by atoms with Gasteiger partial charge in [0.2, 0.25) is 5.91 Å². The first-order chi connectivity index (χ1) is 12.0. The summed E-state index contributed by atoms with van der Waals surface area (Å²) in [6.45, 7) is 1.53. The summed E-state index contributed by atoms with van der Waals surface area (Å²) in [4.78, 5) is 34.7. The number of carboxylic acid groups (broad SMARTS) is 1. The van der Waals surface area contributed by atoms with Gasteiger partial charge in [-0.15, -0.1) is 0 Å². The molecule has 0 saturated carbocycles. The normalized spacial score (nSPS) is 27.9. The SMILES string of the molecule is C[C@@H](O)[C@H]1C(=O)N2C(C(=O)[O-])=C([C@H]3CC(c4ccccn4)=NO3)C[C@H]12.[Na+]. The second-order valence-corrected chi connectivity index (χ2v) is 6.46. The Kier molecular flexibility index (Phi) is 5.21. The van der Waals surface area contributed by atoms with E-state index in [1.807, 2.05) is 6.07 Å². The van der Waals surface area contributed by atoms with Gasteiger partial charge >= 0.3 is 29.6 Å². The molecule has 1 saturated heterocycles. The van der Waals surface area contributed by atoms with Gasteiger partial charge in [-0.3, -0.25) is 9.78 Å². The van der Waals surface area contributed by atoms with Crippen LogP contribution in [0.15, 0.2) is 40.8 Å². The minimum absolute atomic E-state index is 0. The van der Waals surface area contributed by atoms with E-state index in [4.69, 9.17) is 4.84 Å². The van der Waals surface area contributed by atoms with Crippen LogP contribution < -0.4 is 34.7 Å². The van der Waals surface area contributed by atoms with Crippen LogP contribution in [-0.4, -0.2) is 50.8 Å². The number of aliphatic hydroxyl groups is 1. The topological polar surface area (TPSA) is 115 Å². The van der Waals surface area contributed by atoms with Gasteiger partial charge in [-0.25, -0.2) is 0 Å². The molecule has 1 aromatic rings. The van der Waals surface area contributed by atoms with Gasteiger partial charge in [0, 0.05) is 18.2 Å². The smallest absolute Gasteiger partial charge is 0.543 e. The molecule has 130 valence electrons. The van der Waals surface area contributed by atoms with Crippen molar-refractivity contribution in [2.75, 3.05) is 0 Å². The maximum absolute atomic E-state index is 12.2. The van der Waals surface area contributed by atoms with Gasteiger partial charge in [0.15, 0.2) is 6.10 Å². The van der Waals surface area contributed by atoms with E-state index in [9.17, 15) is 19.8 Å². The Bertz CT molecular complexity index is 808. The van der Waals surface area contributed by atoms with Crippen LogP contribution in [0.25, 0.3) is 0 Å². The second kappa shape index (κ2) is 7.11. The number of rotatable bonds is 4. The molecule has 9 heteroatoms. The Hall–Kier alpha value is -1.74. The summed E-state index contributed by atoms with van der Waals surface area (Å²) in [5, 5.41) is 25.4. The predicted octanol–water partition coefficient (Wildman–Crippen LogP) is -3.81. The standard InChI is InChI=1S/C17H17N3O5.Na/c1-8(21)14-12-6-9(15(17(23)24)20(12)16(14)22)13-7-11(19-25-13)10-4-2-3-5-18-10;/h2-5,8,12-14,21H,6-7H2,1H3,(H,23,24);/q;+1/p-1/t8-,12-,13-,14-;/m1./s1. The Morgan fingerprint density at radius 2 is 2.19 bits per heavy atom. The fourth-order valence-electron chi connectivity index (χ4n) is 3.83. The molecule has 1 fully saturated rings. The Balaban J connectivity index is 0.00000196. The van der Waals surface area contributed by atoms with E-state index in [2.05, 4.69) is 10.1 Å². The molecule has 4 atom stereocenters. The van der Waals surface area contributed by atoms with Crippen LogP contribution in [0.1, 0.15) is 25.5 Å². The zero-order valence-electron chi connectivity index (χ0n) is 14.5. The number of aliphatic carboxylic acids is 1. The number of carbonyl (C=O) groups is 2. The monoisotopic (exact) mass is 365 g/mol. The van der Waals surface area contributed by atoms with E-state index < -0.39 is 30.0 Å². The van der Waals surface area contributed by atoms with Crippen molar-refractivity contribution in [1.82, 2.24) is 9.88 Å². The summed E-state index contributed by atoms with van der Waals surface area (Å²) in [5.74, 6) is -2.40. The first kappa shape index (κ1) is 19.0. The number of hydrogen-bond acceptors (Lipinski definition) is 7. The van der Waals surface area contributed by atoms with Gasteiger partial charge < -0.3 is 24.7 Å². The zero-order chi connectivity index (χ0) is 17.7. The van der Waals surface area contributed by atoms with Crippen molar-refractivity contribution in [3.05, 3.63) is 41.4 Å². The van der Waals surface area contributed by atoms with Crippen molar-refractivity contribution in [3.8, 4) is 0 Å². The fraction of sp³-hybridized carbons (Fsp3) is 0.412. The van der Waals surface area contributed by atoms with Gasteiger partial charge in [0.05, 0.1) is 35.4 Å². The zero-order valence-corrected chi connectivity index (χ0v) is 16.5. The minimum atomic E-state index is -1.41. The molecule has 4 rings (SSSR count). The summed E-state index contributed by atoms with van der Waals surface area (Å²) in [7, 11) is 0. The molecule has 26 heavy (non-hydrogen) atoms. The molecule has 3 aliphatic rings. The Labute approximate surface area is 171 Å². The second-order valence-electron chi connectivity index (χ2n) is 6.46. The molecule has 8 nitrogen and oxygen atoms in total. The number of pyridine rings is 1. The average molecular weight is 365 g/mol. The van der Waals surface area contributed by atoms with E-state index in [0.29, 0.717) is 29.8 Å².